The first-order valence-electron chi connectivity index (χ1n) is 7.90. The van der Waals surface area contributed by atoms with Gasteiger partial charge in [0, 0.05) is 18.0 Å². The van der Waals surface area contributed by atoms with Crippen LogP contribution in [-0.2, 0) is 17.6 Å². The average molecular weight is 329 g/mol. The molecular weight excluding hydrogens is 306 g/mol. The third-order valence-electron chi connectivity index (χ3n) is 3.44. The van der Waals surface area contributed by atoms with Gasteiger partial charge in [0.25, 0.3) is 0 Å². The van der Waals surface area contributed by atoms with E-state index in [1.54, 1.807) is 0 Å². The molecule has 2 rings (SSSR count). The second kappa shape index (κ2) is 7.83. The summed E-state index contributed by atoms with van der Waals surface area (Å²) >= 11 is 0. The summed E-state index contributed by atoms with van der Waals surface area (Å²) in [4.78, 5) is 23.5. The van der Waals surface area contributed by atoms with Gasteiger partial charge in [-0.1, -0.05) is 38.1 Å². The molecular formula is C17H23N5O2. The molecule has 1 aromatic heterocycles. The first-order chi connectivity index (χ1) is 11.3. The van der Waals surface area contributed by atoms with Gasteiger partial charge < -0.3 is 16.6 Å². The van der Waals surface area contributed by atoms with Crippen molar-refractivity contribution in [1.82, 2.24) is 15.0 Å². The fourth-order valence-corrected chi connectivity index (χ4v) is 2.41. The summed E-state index contributed by atoms with van der Waals surface area (Å²) < 4.78 is 0. The topological polar surface area (TPSA) is 128 Å². The van der Waals surface area contributed by atoms with Gasteiger partial charge in [-0.2, -0.15) is 9.97 Å². The molecule has 0 unspecified atom stereocenters. The minimum Gasteiger partial charge on any atom is -0.481 e. The van der Waals surface area contributed by atoms with Gasteiger partial charge in [0.05, 0.1) is 6.42 Å². The Morgan fingerprint density at radius 1 is 1.12 bits per heavy atom. The Balaban J connectivity index is 2.15. The molecule has 1 atom stereocenters. The van der Waals surface area contributed by atoms with Gasteiger partial charge in [-0.3, -0.25) is 4.79 Å². The van der Waals surface area contributed by atoms with Crippen LogP contribution in [0.25, 0.3) is 11.4 Å². The first-order valence-corrected chi connectivity index (χ1v) is 7.90. The van der Waals surface area contributed by atoms with Crippen LogP contribution in [0, 0.1) is 5.92 Å². The molecule has 0 aliphatic heterocycles. The highest BCUT2D eigenvalue weighted by molar-refractivity contribution is 5.67. The Labute approximate surface area is 141 Å². The molecule has 1 heterocycles. The molecule has 2 aromatic rings. The molecule has 128 valence electrons. The van der Waals surface area contributed by atoms with Crippen molar-refractivity contribution in [3.63, 3.8) is 0 Å². The smallest absolute Gasteiger partial charge is 0.304 e. The van der Waals surface area contributed by atoms with Crippen LogP contribution in [0.15, 0.2) is 24.3 Å². The maximum atomic E-state index is 10.7. The van der Waals surface area contributed by atoms with Crippen LogP contribution < -0.4 is 11.5 Å². The van der Waals surface area contributed by atoms with Crippen molar-refractivity contribution in [2.75, 3.05) is 5.73 Å². The van der Waals surface area contributed by atoms with E-state index >= 15 is 0 Å². The van der Waals surface area contributed by atoms with Crippen molar-refractivity contribution in [3.8, 4) is 11.4 Å². The molecule has 1 aromatic carbocycles. The lowest BCUT2D eigenvalue weighted by molar-refractivity contribution is -0.137. The van der Waals surface area contributed by atoms with Gasteiger partial charge in [-0.25, -0.2) is 4.98 Å². The largest absolute Gasteiger partial charge is 0.481 e. The summed E-state index contributed by atoms with van der Waals surface area (Å²) in [5.74, 6) is 0.970. The fraction of sp³-hybridized carbons (Fsp3) is 0.412. The van der Waals surface area contributed by atoms with Crippen molar-refractivity contribution in [2.24, 2.45) is 11.7 Å². The minimum atomic E-state index is -0.891. The standard InChI is InChI=1S/C17H23N5O2/c1-10(2)7-14-20-16(22-17(19)21-14)12-5-3-11(4-6-12)8-13(18)9-15(23)24/h3-6,10,13H,7-9,18H2,1-2H3,(H,23,24)(H2,19,20,21,22)/t13-/m0/s1. The van der Waals surface area contributed by atoms with E-state index in [9.17, 15) is 4.79 Å². The van der Waals surface area contributed by atoms with Gasteiger partial charge in [-0.05, 0) is 17.9 Å². The quantitative estimate of drug-likeness (QED) is 0.704. The van der Waals surface area contributed by atoms with Crippen molar-refractivity contribution in [3.05, 3.63) is 35.7 Å². The maximum Gasteiger partial charge on any atom is 0.304 e. The molecule has 0 spiro atoms. The van der Waals surface area contributed by atoms with Gasteiger partial charge >= 0.3 is 5.97 Å². The third-order valence-corrected chi connectivity index (χ3v) is 3.44. The number of anilines is 1. The van der Waals surface area contributed by atoms with E-state index in [-0.39, 0.29) is 12.4 Å². The number of carboxylic acids is 1. The van der Waals surface area contributed by atoms with Crippen molar-refractivity contribution < 1.29 is 9.90 Å². The zero-order chi connectivity index (χ0) is 17.7. The Kier molecular flexibility index (Phi) is 5.81. The summed E-state index contributed by atoms with van der Waals surface area (Å²) in [6.45, 7) is 4.18. The highest BCUT2D eigenvalue weighted by Gasteiger charge is 2.11. The zero-order valence-corrected chi connectivity index (χ0v) is 13.9. The summed E-state index contributed by atoms with van der Waals surface area (Å²) in [6.07, 6.45) is 1.19. The fourth-order valence-electron chi connectivity index (χ4n) is 2.41. The summed E-state index contributed by atoms with van der Waals surface area (Å²) in [6, 6.07) is 7.17. The lowest BCUT2D eigenvalue weighted by Gasteiger charge is -2.10. The molecule has 0 saturated heterocycles. The summed E-state index contributed by atoms with van der Waals surface area (Å²) in [5.41, 5.74) is 13.4. The van der Waals surface area contributed by atoms with Crippen molar-refractivity contribution in [2.45, 2.75) is 39.2 Å². The van der Waals surface area contributed by atoms with E-state index in [0.717, 1.165) is 17.5 Å². The Morgan fingerprint density at radius 3 is 2.38 bits per heavy atom. The SMILES string of the molecule is CC(C)Cc1nc(N)nc(-c2ccc(C[C@H](N)CC(=O)O)cc2)n1. The first kappa shape index (κ1) is 17.8. The van der Waals surface area contributed by atoms with Gasteiger partial charge in [0.15, 0.2) is 5.82 Å². The number of nitrogen functional groups attached to an aromatic ring is 1. The molecule has 5 N–H and O–H groups in total. The van der Waals surface area contributed by atoms with Crippen LogP contribution in [-0.4, -0.2) is 32.1 Å². The number of rotatable bonds is 7. The monoisotopic (exact) mass is 329 g/mol. The van der Waals surface area contributed by atoms with E-state index in [2.05, 4.69) is 28.8 Å². The minimum absolute atomic E-state index is 0.0513. The number of hydrogen-bond acceptors (Lipinski definition) is 6. The summed E-state index contributed by atoms with van der Waals surface area (Å²) in [7, 11) is 0. The van der Waals surface area contributed by atoms with Crippen LogP contribution in [0.1, 0.15) is 31.7 Å². The third kappa shape index (κ3) is 5.27. The molecule has 0 saturated carbocycles. The number of aliphatic carboxylic acids is 1. The van der Waals surface area contributed by atoms with Gasteiger partial charge in [0.2, 0.25) is 5.95 Å². The zero-order valence-electron chi connectivity index (χ0n) is 13.9. The Hall–Kier alpha value is -2.54. The highest BCUT2D eigenvalue weighted by Crippen LogP contribution is 2.18. The highest BCUT2D eigenvalue weighted by atomic mass is 16.4. The number of carboxylic acid groups (broad SMARTS) is 1. The number of aromatic nitrogens is 3. The van der Waals surface area contributed by atoms with E-state index < -0.39 is 12.0 Å². The molecule has 0 aliphatic rings. The number of nitrogens with zero attached hydrogens (tertiary/aromatic N) is 3. The average Bonchev–Trinajstić information content (AvgIpc) is 2.45. The second-order valence-electron chi connectivity index (χ2n) is 6.29. The molecule has 7 heteroatoms. The molecule has 0 bridgehead atoms. The number of nitrogens with two attached hydrogens (primary N) is 2. The Morgan fingerprint density at radius 2 is 1.79 bits per heavy atom. The number of benzene rings is 1. The van der Waals surface area contributed by atoms with Crippen LogP contribution in [0.2, 0.25) is 0 Å². The van der Waals surface area contributed by atoms with Crippen molar-refractivity contribution >= 4 is 11.9 Å². The normalized spacial score (nSPS) is 12.3. The number of carbonyl (C=O) groups is 1. The molecule has 0 aliphatic carbocycles. The predicted octanol–water partition coefficient (Wildman–Crippen LogP) is 1.66. The van der Waals surface area contributed by atoms with Crippen LogP contribution in [0.3, 0.4) is 0 Å². The van der Waals surface area contributed by atoms with Crippen LogP contribution in [0.4, 0.5) is 5.95 Å². The van der Waals surface area contributed by atoms with E-state index in [4.69, 9.17) is 16.6 Å². The lowest BCUT2D eigenvalue weighted by Crippen LogP contribution is -2.26. The van der Waals surface area contributed by atoms with E-state index in [0.29, 0.717) is 24.0 Å². The molecule has 0 radical (unpaired) electrons. The summed E-state index contributed by atoms with van der Waals surface area (Å²) in [5, 5.41) is 8.75. The Bertz CT molecular complexity index is 701. The van der Waals surface area contributed by atoms with Crippen LogP contribution >= 0.6 is 0 Å². The second-order valence-corrected chi connectivity index (χ2v) is 6.29. The van der Waals surface area contributed by atoms with Crippen LogP contribution in [0.5, 0.6) is 0 Å². The van der Waals surface area contributed by atoms with E-state index in [1.807, 2.05) is 24.3 Å². The van der Waals surface area contributed by atoms with Gasteiger partial charge in [-0.15, -0.1) is 0 Å². The molecule has 24 heavy (non-hydrogen) atoms. The van der Waals surface area contributed by atoms with Crippen molar-refractivity contribution in [1.29, 1.82) is 0 Å². The lowest BCUT2D eigenvalue weighted by atomic mass is 10.0. The predicted molar refractivity (Wildman–Crippen MR) is 92.1 cm³/mol. The molecule has 7 nitrogen and oxygen atoms in total. The molecule has 0 amide bonds. The van der Waals surface area contributed by atoms with E-state index in [1.165, 1.54) is 0 Å². The molecule has 0 fully saturated rings. The van der Waals surface area contributed by atoms with Gasteiger partial charge in [0.1, 0.15) is 5.82 Å². The number of hydrogen-bond donors (Lipinski definition) is 3. The maximum absolute atomic E-state index is 10.7.